The van der Waals surface area contributed by atoms with Crippen molar-refractivity contribution in [3.05, 3.63) is 41.7 Å². The van der Waals surface area contributed by atoms with Crippen LogP contribution < -0.4 is 5.32 Å². The zero-order valence-electron chi connectivity index (χ0n) is 11.9. The predicted molar refractivity (Wildman–Crippen MR) is 82.4 cm³/mol. The second-order valence-corrected chi connectivity index (χ2v) is 4.64. The van der Waals surface area contributed by atoms with Crippen LogP contribution in [0.3, 0.4) is 0 Å². The van der Waals surface area contributed by atoms with Crippen LogP contribution in [0.25, 0.3) is 11.4 Å². The molecule has 0 atom stereocenters. The van der Waals surface area contributed by atoms with Gasteiger partial charge in [-0.15, -0.1) is 11.6 Å². The molecule has 0 unspecified atom stereocenters. The Hall–Kier alpha value is -2.14. The summed E-state index contributed by atoms with van der Waals surface area (Å²) in [7, 11) is 0. The molecule has 110 valence electrons. The van der Waals surface area contributed by atoms with E-state index >= 15 is 0 Å². The zero-order chi connectivity index (χ0) is 15.2. The molecule has 0 aliphatic rings. The summed E-state index contributed by atoms with van der Waals surface area (Å²) >= 11 is 5.95. The van der Waals surface area contributed by atoms with E-state index in [1.807, 2.05) is 25.1 Å². The second kappa shape index (κ2) is 7.04. The van der Waals surface area contributed by atoms with Crippen LogP contribution in [0, 0.1) is 6.92 Å². The summed E-state index contributed by atoms with van der Waals surface area (Å²) in [5.74, 6) is 0.894. The van der Waals surface area contributed by atoms with Crippen molar-refractivity contribution in [2.45, 2.75) is 19.7 Å². The summed E-state index contributed by atoms with van der Waals surface area (Å²) in [5.41, 5.74) is 3.15. The van der Waals surface area contributed by atoms with Gasteiger partial charge in [0.15, 0.2) is 5.82 Å². The lowest BCUT2D eigenvalue weighted by molar-refractivity contribution is 0.168. The van der Waals surface area contributed by atoms with Gasteiger partial charge >= 0.3 is 6.09 Å². The molecule has 1 aromatic heterocycles. The van der Waals surface area contributed by atoms with E-state index in [4.69, 9.17) is 16.3 Å². The SMILES string of the molecule is CCOC(=O)Nc1ccc(-c2nccc(C)n2)cc1CCl. The number of hydrogen-bond acceptors (Lipinski definition) is 4. The average molecular weight is 306 g/mol. The molecule has 1 amide bonds. The summed E-state index contributed by atoms with van der Waals surface area (Å²) in [6.45, 7) is 3.97. The van der Waals surface area contributed by atoms with E-state index in [9.17, 15) is 4.79 Å². The maximum absolute atomic E-state index is 11.5. The van der Waals surface area contributed by atoms with Gasteiger partial charge in [0.1, 0.15) is 0 Å². The minimum Gasteiger partial charge on any atom is -0.450 e. The van der Waals surface area contributed by atoms with E-state index < -0.39 is 6.09 Å². The number of benzene rings is 1. The fourth-order valence-corrected chi connectivity index (χ4v) is 2.05. The van der Waals surface area contributed by atoms with Crippen LogP contribution in [0.4, 0.5) is 10.5 Å². The number of halogens is 1. The molecule has 6 heteroatoms. The lowest BCUT2D eigenvalue weighted by Crippen LogP contribution is -2.14. The Morgan fingerprint density at radius 3 is 2.86 bits per heavy atom. The van der Waals surface area contributed by atoms with Gasteiger partial charge in [-0.2, -0.15) is 0 Å². The highest BCUT2D eigenvalue weighted by Gasteiger charge is 2.10. The van der Waals surface area contributed by atoms with Crippen molar-refractivity contribution in [1.82, 2.24) is 9.97 Å². The fraction of sp³-hybridized carbons (Fsp3) is 0.267. The zero-order valence-corrected chi connectivity index (χ0v) is 12.6. The Morgan fingerprint density at radius 1 is 1.38 bits per heavy atom. The van der Waals surface area contributed by atoms with Crippen LogP contribution in [0.5, 0.6) is 0 Å². The molecular formula is C15H16ClN3O2. The van der Waals surface area contributed by atoms with Gasteiger partial charge in [0.25, 0.3) is 0 Å². The highest BCUT2D eigenvalue weighted by Crippen LogP contribution is 2.24. The molecule has 0 spiro atoms. The summed E-state index contributed by atoms with van der Waals surface area (Å²) in [4.78, 5) is 20.1. The first-order valence-corrected chi connectivity index (χ1v) is 7.10. The first-order valence-electron chi connectivity index (χ1n) is 6.56. The number of carbonyl (C=O) groups excluding carboxylic acids is 1. The molecule has 0 radical (unpaired) electrons. The van der Waals surface area contributed by atoms with Gasteiger partial charge in [-0.1, -0.05) is 0 Å². The third-order valence-electron chi connectivity index (χ3n) is 2.81. The molecule has 0 fully saturated rings. The van der Waals surface area contributed by atoms with Crippen molar-refractivity contribution in [2.24, 2.45) is 0 Å². The average Bonchev–Trinajstić information content (AvgIpc) is 2.48. The largest absolute Gasteiger partial charge is 0.450 e. The van der Waals surface area contributed by atoms with Crippen LogP contribution in [-0.2, 0) is 10.6 Å². The maximum Gasteiger partial charge on any atom is 0.411 e. The van der Waals surface area contributed by atoms with Crippen LogP contribution in [0.15, 0.2) is 30.5 Å². The van der Waals surface area contributed by atoms with Gasteiger partial charge < -0.3 is 4.74 Å². The first kappa shape index (κ1) is 15.3. The maximum atomic E-state index is 11.5. The molecule has 1 N–H and O–H groups in total. The van der Waals surface area contributed by atoms with Crippen molar-refractivity contribution in [1.29, 1.82) is 0 Å². The number of ether oxygens (including phenoxy) is 1. The number of carbonyl (C=O) groups is 1. The number of amides is 1. The van der Waals surface area contributed by atoms with Gasteiger partial charge in [-0.25, -0.2) is 14.8 Å². The summed E-state index contributed by atoms with van der Waals surface area (Å²) < 4.78 is 4.86. The number of anilines is 1. The third-order valence-corrected chi connectivity index (χ3v) is 3.10. The molecule has 5 nitrogen and oxygen atoms in total. The summed E-state index contributed by atoms with van der Waals surface area (Å²) in [6.07, 6.45) is 1.21. The smallest absolute Gasteiger partial charge is 0.411 e. The van der Waals surface area contributed by atoms with E-state index in [0.29, 0.717) is 18.1 Å². The van der Waals surface area contributed by atoms with E-state index in [2.05, 4.69) is 15.3 Å². The summed E-state index contributed by atoms with van der Waals surface area (Å²) in [6, 6.07) is 7.31. The van der Waals surface area contributed by atoms with Crippen molar-refractivity contribution < 1.29 is 9.53 Å². The number of aryl methyl sites for hydroxylation is 1. The van der Waals surface area contributed by atoms with Crippen LogP contribution in [0.2, 0.25) is 0 Å². The Kier molecular flexibility index (Phi) is 5.11. The van der Waals surface area contributed by atoms with Gasteiger partial charge in [-0.05, 0) is 43.7 Å². The number of rotatable bonds is 4. The van der Waals surface area contributed by atoms with Gasteiger partial charge in [0.2, 0.25) is 0 Å². The lowest BCUT2D eigenvalue weighted by atomic mass is 10.1. The normalized spacial score (nSPS) is 10.2. The molecule has 0 saturated carbocycles. The summed E-state index contributed by atoms with van der Waals surface area (Å²) in [5, 5.41) is 2.67. The predicted octanol–water partition coefficient (Wildman–Crippen LogP) is 3.76. The highest BCUT2D eigenvalue weighted by molar-refractivity contribution is 6.17. The standard InChI is InChI=1S/C15H16ClN3O2/c1-3-21-15(20)19-13-5-4-11(8-12(13)9-16)14-17-7-6-10(2)18-14/h4-8H,3,9H2,1-2H3,(H,19,20). The molecular weight excluding hydrogens is 290 g/mol. The molecule has 1 aromatic carbocycles. The quantitative estimate of drug-likeness (QED) is 0.874. The van der Waals surface area contributed by atoms with E-state index in [-0.39, 0.29) is 5.88 Å². The minimum atomic E-state index is -0.497. The molecule has 0 aliphatic heterocycles. The molecule has 21 heavy (non-hydrogen) atoms. The number of alkyl halides is 1. The molecule has 0 bridgehead atoms. The van der Waals surface area contributed by atoms with Crippen molar-refractivity contribution in [3.8, 4) is 11.4 Å². The van der Waals surface area contributed by atoms with Crippen LogP contribution in [0.1, 0.15) is 18.2 Å². The molecule has 2 rings (SSSR count). The van der Waals surface area contributed by atoms with Gasteiger partial charge in [-0.3, -0.25) is 5.32 Å². The number of hydrogen-bond donors (Lipinski definition) is 1. The fourth-order valence-electron chi connectivity index (χ4n) is 1.83. The van der Waals surface area contributed by atoms with Crippen molar-refractivity contribution in [2.75, 3.05) is 11.9 Å². The molecule has 0 saturated heterocycles. The molecule has 2 aromatic rings. The van der Waals surface area contributed by atoms with Crippen molar-refractivity contribution in [3.63, 3.8) is 0 Å². The van der Waals surface area contributed by atoms with Crippen LogP contribution in [-0.4, -0.2) is 22.7 Å². The highest BCUT2D eigenvalue weighted by atomic mass is 35.5. The molecule has 1 heterocycles. The molecule has 0 aliphatic carbocycles. The number of nitrogens with one attached hydrogen (secondary N) is 1. The Labute approximate surface area is 128 Å². The third kappa shape index (κ3) is 3.92. The van der Waals surface area contributed by atoms with Gasteiger partial charge in [0.05, 0.1) is 6.61 Å². The van der Waals surface area contributed by atoms with E-state index in [1.165, 1.54) is 0 Å². The van der Waals surface area contributed by atoms with Crippen LogP contribution >= 0.6 is 11.6 Å². The monoisotopic (exact) mass is 305 g/mol. The Morgan fingerprint density at radius 2 is 2.19 bits per heavy atom. The Balaban J connectivity index is 2.30. The first-order chi connectivity index (χ1) is 10.1. The number of nitrogens with zero attached hydrogens (tertiary/aromatic N) is 2. The topological polar surface area (TPSA) is 64.1 Å². The van der Waals surface area contributed by atoms with Gasteiger partial charge in [0, 0.05) is 29.0 Å². The second-order valence-electron chi connectivity index (χ2n) is 4.37. The lowest BCUT2D eigenvalue weighted by Gasteiger charge is -2.11. The van der Waals surface area contributed by atoms with E-state index in [0.717, 1.165) is 16.8 Å². The number of aromatic nitrogens is 2. The van der Waals surface area contributed by atoms with Crippen molar-refractivity contribution >= 4 is 23.4 Å². The minimum absolute atomic E-state index is 0.265. The Bertz CT molecular complexity index is 647. The van der Waals surface area contributed by atoms with E-state index in [1.54, 1.807) is 19.2 Å².